The number of hydrogen-bond acceptors (Lipinski definition) is 25. The second-order valence-electron chi connectivity index (χ2n) is 18.1. The van der Waals surface area contributed by atoms with Crippen LogP contribution in [0.25, 0.3) is 34.4 Å². The number of methoxy groups -OCH3 is 3. The van der Waals surface area contributed by atoms with Gasteiger partial charge in [0, 0.05) is 24.3 Å². The minimum Gasteiger partial charge on any atom is -0.508 e. The SMILES string of the molecule is COc1cc(C=CC(=O)OCC2OC(Oc3cc4c(OC5OC(CO)C(O)C(O)C5O)cc(O)cc4[o+]c3-c3ccc(O)cc3)C(OC3OCC(O)C(O)C3OC(=O)C=Cc3cc(OC)c(O)c(OC)c3)C(O)C2O)ccc1O. The van der Waals surface area contributed by atoms with Crippen molar-refractivity contribution in [1.82, 2.24) is 0 Å². The smallest absolute Gasteiger partial charge is 0.402 e. The molecule has 12 N–H and O–H groups in total. The van der Waals surface area contributed by atoms with E-state index in [1.165, 1.54) is 100 Å². The number of esters is 2. The Kier molecular flexibility index (Phi) is 18.3. The third-order valence-corrected chi connectivity index (χ3v) is 12.8. The highest BCUT2D eigenvalue weighted by Gasteiger charge is 2.52. The minimum atomic E-state index is -2.10. The number of rotatable bonds is 18. The van der Waals surface area contributed by atoms with Crippen LogP contribution in [0.15, 0.2) is 89.4 Å². The summed E-state index contributed by atoms with van der Waals surface area (Å²) in [5, 5.41) is 129. The summed E-state index contributed by atoms with van der Waals surface area (Å²) in [6.07, 6.45) is -21.1. The highest BCUT2D eigenvalue weighted by molar-refractivity contribution is 5.89. The molecule has 424 valence electrons. The number of aromatic hydroxyl groups is 4. The number of carbonyl (C=O) groups is 2. The predicted octanol–water partition coefficient (Wildman–Crippen LogP) is 0.578. The number of phenols is 4. The van der Waals surface area contributed by atoms with Crippen molar-refractivity contribution in [2.24, 2.45) is 0 Å². The average molecular weight is 1110 g/mol. The second kappa shape index (κ2) is 25.0. The first-order valence-corrected chi connectivity index (χ1v) is 24.1. The fraction of sp³-hybridized carbons (Fsp3) is 0.377. The van der Waals surface area contributed by atoms with E-state index in [4.69, 9.17) is 56.5 Å². The molecule has 79 heavy (non-hydrogen) atoms. The van der Waals surface area contributed by atoms with Gasteiger partial charge >= 0.3 is 23.3 Å². The highest BCUT2D eigenvalue weighted by Crippen LogP contribution is 2.43. The Morgan fingerprint density at radius 2 is 1.24 bits per heavy atom. The molecule has 0 radical (unpaired) electrons. The average Bonchev–Trinajstić information content (AvgIpc) is 3.45. The van der Waals surface area contributed by atoms with E-state index in [-0.39, 0.29) is 68.3 Å². The summed E-state index contributed by atoms with van der Waals surface area (Å²) in [5.41, 5.74) is 0.785. The normalized spacial score (nSPS) is 28.1. The number of ether oxygens (including phenoxy) is 11. The van der Waals surface area contributed by atoms with Crippen molar-refractivity contribution in [1.29, 1.82) is 0 Å². The van der Waals surface area contributed by atoms with Crippen molar-refractivity contribution in [2.75, 3.05) is 41.2 Å². The molecule has 8 rings (SSSR count). The van der Waals surface area contributed by atoms with Crippen molar-refractivity contribution < 1.29 is 127 Å². The van der Waals surface area contributed by atoms with Gasteiger partial charge in [0.15, 0.2) is 41.5 Å². The standard InChI is InChI=1S/C53H56O26/c1-68-33-14-23(4-11-29(33)57)5-12-39(59)71-22-38-44(64)46(66)50(79-52-49(41(61)30(58)21-72-52)78-40(60)13-6-24-15-34(69-2)42(62)35(16-24)70-3)53(77-38)75-36-19-28-31(73-48(36)25-7-9-26(55)10-8-25)17-27(56)18-32(28)74-51-47(67)45(65)43(63)37(20-54)76-51/h4-19,30,37-38,41,43-47,49-54,58,61,63-67H,20-22H2,1-3H3,(H3-,55,56,57,59,60,62)/p+1. The lowest BCUT2D eigenvalue weighted by Gasteiger charge is -2.45. The van der Waals surface area contributed by atoms with Crippen LogP contribution in [0, 0.1) is 0 Å². The van der Waals surface area contributed by atoms with Crippen LogP contribution in [-0.4, -0.2) is 200 Å². The molecule has 4 heterocycles. The summed E-state index contributed by atoms with van der Waals surface area (Å²) in [4.78, 5) is 26.5. The first-order chi connectivity index (χ1) is 37.8. The van der Waals surface area contributed by atoms with Gasteiger partial charge in [0.25, 0.3) is 0 Å². The summed E-state index contributed by atoms with van der Waals surface area (Å²) in [6, 6.07) is 15.9. The molecule has 0 amide bonds. The summed E-state index contributed by atoms with van der Waals surface area (Å²) in [5.74, 6) is -3.83. The van der Waals surface area contributed by atoms with Gasteiger partial charge < -0.3 is 113 Å². The number of aliphatic hydroxyl groups is 8. The van der Waals surface area contributed by atoms with Crippen LogP contribution in [0.3, 0.4) is 0 Å². The monoisotopic (exact) mass is 1110 g/mol. The quantitative estimate of drug-likeness (QED) is 0.0324. The number of carbonyl (C=O) groups excluding carboxylic acids is 2. The van der Waals surface area contributed by atoms with Gasteiger partial charge in [-0.2, -0.15) is 0 Å². The molecule has 26 nitrogen and oxygen atoms in total. The molecule has 0 bridgehead atoms. The molecule has 0 aliphatic carbocycles. The van der Waals surface area contributed by atoms with Crippen LogP contribution in [0.4, 0.5) is 0 Å². The summed E-state index contributed by atoms with van der Waals surface area (Å²) >= 11 is 0. The van der Waals surface area contributed by atoms with Crippen molar-refractivity contribution >= 4 is 35.1 Å². The topological polar surface area (TPSA) is 390 Å². The number of benzene rings is 4. The maximum atomic E-state index is 13.4. The van der Waals surface area contributed by atoms with Crippen LogP contribution < -0.4 is 23.7 Å². The van der Waals surface area contributed by atoms with Crippen molar-refractivity contribution in [2.45, 2.75) is 86.0 Å². The lowest BCUT2D eigenvalue weighted by atomic mass is 9.98. The molecule has 3 aliphatic heterocycles. The van der Waals surface area contributed by atoms with Gasteiger partial charge in [-0.05, 0) is 71.8 Å². The highest BCUT2D eigenvalue weighted by atomic mass is 16.8. The molecule has 1 aromatic heterocycles. The molecule has 26 heteroatoms. The molecule has 4 aromatic carbocycles. The van der Waals surface area contributed by atoms with E-state index in [9.17, 15) is 70.9 Å². The van der Waals surface area contributed by atoms with Crippen molar-refractivity contribution in [3.8, 4) is 63.1 Å². The van der Waals surface area contributed by atoms with Crippen LogP contribution in [0.5, 0.6) is 51.7 Å². The van der Waals surface area contributed by atoms with Gasteiger partial charge in [-0.1, -0.05) is 6.07 Å². The zero-order valence-electron chi connectivity index (χ0n) is 42.0. The molecule has 14 atom stereocenters. The lowest BCUT2D eigenvalue weighted by molar-refractivity contribution is -0.345. The molecule has 5 aromatic rings. The number of aliphatic hydroxyl groups excluding tert-OH is 8. The number of fused-ring (bicyclic) bond motifs is 1. The lowest BCUT2D eigenvalue weighted by Crippen LogP contribution is -2.64. The van der Waals surface area contributed by atoms with E-state index in [0.717, 1.165) is 18.2 Å². The maximum absolute atomic E-state index is 13.4. The Labute approximate surface area is 447 Å². The zero-order valence-corrected chi connectivity index (χ0v) is 42.0. The fourth-order valence-electron chi connectivity index (χ4n) is 8.55. The summed E-state index contributed by atoms with van der Waals surface area (Å²) < 4.78 is 68.9. The molecule has 0 spiro atoms. The molecule has 3 fully saturated rings. The van der Waals surface area contributed by atoms with Gasteiger partial charge in [-0.3, -0.25) is 0 Å². The van der Waals surface area contributed by atoms with Crippen molar-refractivity contribution in [3.05, 3.63) is 96.1 Å². The van der Waals surface area contributed by atoms with Gasteiger partial charge in [0.1, 0.15) is 84.2 Å². The van der Waals surface area contributed by atoms with Crippen LogP contribution in [0.2, 0.25) is 0 Å². The first-order valence-electron chi connectivity index (χ1n) is 24.1. The molecule has 14 unspecified atom stereocenters. The van der Waals surface area contributed by atoms with E-state index in [0.29, 0.717) is 11.1 Å². The number of hydrogen-bond donors (Lipinski definition) is 12. The molecular formula is C53H57O26+. The predicted molar refractivity (Wildman–Crippen MR) is 266 cm³/mol. The van der Waals surface area contributed by atoms with Gasteiger partial charge in [0.2, 0.25) is 24.1 Å². The number of phenolic OH excluding ortho intramolecular Hbond substituents is 4. The Morgan fingerprint density at radius 1 is 0.608 bits per heavy atom. The maximum Gasteiger partial charge on any atom is 0.402 e. The second-order valence-corrected chi connectivity index (χ2v) is 18.1. The Morgan fingerprint density at radius 3 is 1.92 bits per heavy atom. The van der Waals surface area contributed by atoms with E-state index < -0.39 is 124 Å². The fourth-order valence-corrected chi connectivity index (χ4v) is 8.55. The van der Waals surface area contributed by atoms with E-state index in [2.05, 4.69) is 0 Å². The van der Waals surface area contributed by atoms with E-state index in [1.54, 1.807) is 0 Å². The summed E-state index contributed by atoms with van der Waals surface area (Å²) in [6.45, 7) is -2.18. The van der Waals surface area contributed by atoms with Crippen LogP contribution in [0.1, 0.15) is 11.1 Å². The largest absolute Gasteiger partial charge is 0.508 e. The summed E-state index contributed by atoms with van der Waals surface area (Å²) in [7, 11) is 3.92. The third-order valence-electron chi connectivity index (χ3n) is 12.8. The minimum absolute atomic E-state index is 0.00482. The molecule has 3 saturated heterocycles. The van der Waals surface area contributed by atoms with Crippen LogP contribution in [-0.2, 0) is 38.0 Å². The van der Waals surface area contributed by atoms with Crippen LogP contribution >= 0.6 is 0 Å². The Bertz CT molecular complexity index is 2980. The zero-order chi connectivity index (χ0) is 56.8. The van der Waals surface area contributed by atoms with E-state index in [1.807, 2.05) is 0 Å². The third kappa shape index (κ3) is 13.0. The van der Waals surface area contributed by atoms with Gasteiger partial charge in [-0.25, -0.2) is 14.0 Å². The van der Waals surface area contributed by atoms with Crippen molar-refractivity contribution in [3.63, 3.8) is 0 Å². The Hall–Kier alpha value is -7.57. The Balaban J connectivity index is 1.15. The van der Waals surface area contributed by atoms with Gasteiger partial charge in [0.05, 0.1) is 46.2 Å². The molecule has 3 aliphatic rings. The first kappa shape index (κ1) is 57.6. The molecule has 0 saturated carbocycles. The van der Waals surface area contributed by atoms with Gasteiger partial charge in [-0.15, -0.1) is 0 Å². The molecular weight excluding hydrogens is 1050 g/mol. The van der Waals surface area contributed by atoms with E-state index >= 15 is 0 Å².